The Hall–Kier alpha value is -0.790. The molecule has 0 aromatic heterocycles. The molecule has 0 saturated carbocycles. The molecule has 2 rings (SSSR count). The van der Waals surface area contributed by atoms with Crippen LogP contribution in [-0.2, 0) is 10.1 Å². The van der Waals surface area contributed by atoms with E-state index in [2.05, 4.69) is 0 Å². The SMILES string of the molecule is COc1cc2ccc(S(=O)(=O)O)cc2cc1OC.[NaH]. The molecule has 19 heavy (non-hydrogen) atoms. The normalized spacial score (nSPS) is 10.9. The van der Waals surface area contributed by atoms with Crippen molar-refractivity contribution in [1.29, 1.82) is 0 Å². The molecule has 98 valence electrons. The van der Waals surface area contributed by atoms with Gasteiger partial charge in [-0.1, -0.05) is 6.07 Å². The van der Waals surface area contributed by atoms with Crippen molar-refractivity contribution in [3.63, 3.8) is 0 Å². The minimum atomic E-state index is -4.20. The summed E-state index contributed by atoms with van der Waals surface area (Å²) in [6.07, 6.45) is 0. The summed E-state index contributed by atoms with van der Waals surface area (Å²) in [5.74, 6) is 1.06. The van der Waals surface area contributed by atoms with Gasteiger partial charge in [0, 0.05) is 0 Å². The second kappa shape index (κ2) is 6.11. The van der Waals surface area contributed by atoms with E-state index in [0.29, 0.717) is 16.9 Å². The number of hydrogen-bond acceptors (Lipinski definition) is 4. The predicted octanol–water partition coefficient (Wildman–Crippen LogP) is 1.46. The summed E-state index contributed by atoms with van der Waals surface area (Å²) in [7, 11) is -1.18. The molecule has 0 atom stereocenters. The van der Waals surface area contributed by atoms with Crippen molar-refractivity contribution in [1.82, 2.24) is 0 Å². The molecular weight excluding hydrogens is 279 g/mol. The van der Waals surface area contributed by atoms with Gasteiger partial charge in [0.05, 0.1) is 19.1 Å². The van der Waals surface area contributed by atoms with Crippen molar-refractivity contribution in [2.24, 2.45) is 0 Å². The van der Waals surface area contributed by atoms with Crippen molar-refractivity contribution in [2.75, 3.05) is 14.2 Å². The molecule has 2 aromatic carbocycles. The van der Waals surface area contributed by atoms with Gasteiger partial charge in [-0.3, -0.25) is 4.55 Å². The van der Waals surface area contributed by atoms with Crippen LogP contribution in [0.4, 0.5) is 0 Å². The van der Waals surface area contributed by atoms with Crippen LogP contribution in [0.5, 0.6) is 11.5 Å². The third-order valence-electron chi connectivity index (χ3n) is 2.61. The number of rotatable bonds is 3. The van der Waals surface area contributed by atoms with Gasteiger partial charge in [0.25, 0.3) is 10.1 Å². The second-order valence-corrected chi connectivity index (χ2v) is 5.11. The summed E-state index contributed by atoms with van der Waals surface area (Å²) in [5, 5.41) is 1.43. The Labute approximate surface area is 133 Å². The van der Waals surface area contributed by atoms with Crippen molar-refractivity contribution in [2.45, 2.75) is 4.90 Å². The third kappa shape index (κ3) is 3.40. The fourth-order valence-electron chi connectivity index (χ4n) is 1.71. The third-order valence-corrected chi connectivity index (χ3v) is 3.46. The van der Waals surface area contributed by atoms with Gasteiger partial charge in [0.2, 0.25) is 0 Å². The van der Waals surface area contributed by atoms with E-state index in [0.717, 1.165) is 5.39 Å². The molecule has 0 fully saturated rings. The molecular formula is C12H13NaO5S. The van der Waals surface area contributed by atoms with E-state index in [1.54, 1.807) is 18.2 Å². The molecule has 1 N–H and O–H groups in total. The zero-order valence-corrected chi connectivity index (χ0v) is 10.7. The first-order chi connectivity index (χ1) is 8.45. The Morgan fingerprint density at radius 1 is 0.947 bits per heavy atom. The molecule has 0 saturated heterocycles. The minimum absolute atomic E-state index is 0. The van der Waals surface area contributed by atoms with Crippen LogP contribution in [0.15, 0.2) is 35.2 Å². The molecule has 0 spiro atoms. The molecule has 0 aliphatic rings. The number of ether oxygens (including phenoxy) is 2. The van der Waals surface area contributed by atoms with Gasteiger partial charge in [-0.05, 0) is 35.0 Å². The number of hydrogen-bond donors (Lipinski definition) is 1. The fourth-order valence-corrected chi connectivity index (χ4v) is 2.23. The van der Waals surface area contributed by atoms with Crippen LogP contribution in [0.2, 0.25) is 0 Å². The van der Waals surface area contributed by atoms with Crippen molar-refractivity contribution in [3.05, 3.63) is 30.3 Å². The Bertz CT molecular complexity index is 697. The van der Waals surface area contributed by atoms with E-state index < -0.39 is 10.1 Å². The van der Waals surface area contributed by atoms with Crippen molar-refractivity contribution in [3.8, 4) is 11.5 Å². The molecule has 2 aromatic rings. The van der Waals surface area contributed by atoms with Crippen LogP contribution < -0.4 is 9.47 Å². The Kier molecular flexibility index (Phi) is 5.23. The molecule has 0 aliphatic carbocycles. The van der Waals surface area contributed by atoms with E-state index in [1.165, 1.54) is 26.4 Å². The maximum absolute atomic E-state index is 11.1. The van der Waals surface area contributed by atoms with E-state index in [9.17, 15) is 8.42 Å². The number of methoxy groups -OCH3 is 2. The van der Waals surface area contributed by atoms with Crippen LogP contribution in [-0.4, -0.2) is 56.7 Å². The van der Waals surface area contributed by atoms with Gasteiger partial charge in [-0.15, -0.1) is 0 Å². The van der Waals surface area contributed by atoms with E-state index in [1.807, 2.05) is 0 Å². The standard InChI is InChI=1S/C12H12O5S.Na.H/c1-16-11-6-8-3-4-10(18(13,14)15)5-9(8)7-12(11)17-2;;/h3-7H,1-2H3,(H,13,14,15);;. The maximum atomic E-state index is 11.1. The van der Waals surface area contributed by atoms with Gasteiger partial charge >= 0.3 is 29.6 Å². The molecule has 5 nitrogen and oxygen atoms in total. The van der Waals surface area contributed by atoms with E-state index >= 15 is 0 Å². The summed E-state index contributed by atoms with van der Waals surface area (Å²) in [6, 6.07) is 7.71. The molecule has 0 heterocycles. The molecule has 0 radical (unpaired) electrons. The van der Waals surface area contributed by atoms with E-state index in [-0.39, 0.29) is 34.5 Å². The zero-order chi connectivity index (χ0) is 13.3. The van der Waals surface area contributed by atoms with Gasteiger partial charge in [-0.2, -0.15) is 8.42 Å². The summed E-state index contributed by atoms with van der Waals surface area (Å²) in [4.78, 5) is -0.151. The van der Waals surface area contributed by atoms with Crippen LogP contribution in [0, 0.1) is 0 Å². The van der Waals surface area contributed by atoms with Gasteiger partial charge in [-0.25, -0.2) is 0 Å². The van der Waals surface area contributed by atoms with Gasteiger partial charge in [0.1, 0.15) is 0 Å². The first kappa shape index (κ1) is 16.3. The number of fused-ring (bicyclic) bond motifs is 1. The fraction of sp³-hybridized carbons (Fsp3) is 0.167. The van der Waals surface area contributed by atoms with E-state index in [4.69, 9.17) is 14.0 Å². The monoisotopic (exact) mass is 292 g/mol. The van der Waals surface area contributed by atoms with Crippen molar-refractivity contribution >= 4 is 50.4 Å². The Balaban J connectivity index is 0.00000180. The first-order valence-corrected chi connectivity index (χ1v) is 6.53. The van der Waals surface area contributed by atoms with Crippen molar-refractivity contribution < 1.29 is 22.4 Å². The topological polar surface area (TPSA) is 72.8 Å². The summed E-state index contributed by atoms with van der Waals surface area (Å²) in [6.45, 7) is 0. The summed E-state index contributed by atoms with van der Waals surface area (Å²) < 4.78 is 41.4. The summed E-state index contributed by atoms with van der Waals surface area (Å²) in [5.41, 5.74) is 0. The molecule has 0 amide bonds. The Morgan fingerprint density at radius 3 is 1.95 bits per heavy atom. The second-order valence-electron chi connectivity index (χ2n) is 3.69. The molecule has 0 aliphatic heterocycles. The molecule has 0 bridgehead atoms. The van der Waals surface area contributed by atoms with Crippen LogP contribution in [0.3, 0.4) is 0 Å². The average Bonchev–Trinajstić information content (AvgIpc) is 2.35. The predicted molar refractivity (Wildman–Crippen MR) is 74.0 cm³/mol. The summed E-state index contributed by atoms with van der Waals surface area (Å²) >= 11 is 0. The van der Waals surface area contributed by atoms with Crippen LogP contribution in [0.25, 0.3) is 10.8 Å². The Morgan fingerprint density at radius 2 is 1.47 bits per heavy atom. The molecule has 7 heteroatoms. The van der Waals surface area contributed by atoms with Crippen LogP contribution in [0.1, 0.15) is 0 Å². The quantitative estimate of drug-likeness (QED) is 0.685. The van der Waals surface area contributed by atoms with Gasteiger partial charge < -0.3 is 9.47 Å². The zero-order valence-electron chi connectivity index (χ0n) is 9.88. The van der Waals surface area contributed by atoms with Crippen LogP contribution >= 0.6 is 0 Å². The average molecular weight is 292 g/mol. The van der Waals surface area contributed by atoms with Gasteiger partial charge in [0.15, 0.2) is 11.5 Å². The number of benzene rings is 2. The molecule has 0 unspecified atom stereocenters. The first-order valence-electron chi connectivity index (χ1n) is 5.09.